The van der Waals surface area contributed by atoms with Crippen LogP contribution in [0.3, 0.4) is 0 Å². The molecule has 0 bridgehead atoms. The molecule has 31 heavy (non-hydrogen) atoms. The van der Waals surface area contributed by atoms with E-state index in [1.807, 2.05) is 0 Å². The van der Waals surface area contributed by atoms with E-state index in [4.69, 9.17) is 0 Å². The summed E-state index contributed by atoms with van der Waals surface area (Å²) in [5.74, 6) is -0.694. The van der Waals surface area contributed by atoms with Crippen LogP contribution in [0.1, 0.15) is 24.8 Å². The molecule has 8 heteroatoms. The zero-order chi connectivity index (χ0) is 21.8. The van der Waals surface area contributed by atoms with Gasteiger partial charge in [-0.05, 0) is 52.8 Å². The Morgan fingerprint density at radius 1 is 1.19 bits per heavy atom. The zero-order valence-electron chi connectivity index (χ0n) is 17.1. The van der Waals surface area contributed by atoms with Gasteiger partial charge >= 0.3 is 0 Å². The van der Waals surface area contributed by atoms with Gasteiger partial charge in [0.05, 0.1) is 10.6 Å². The number of aliphatic hydroxyl groups is 1. The van der Waals surface area contributed by atoms with Crippen LogP contribution in [0, 0.1) is 11.7 Å². The molecular formula is C23H24FN3O3S. The van der Waals surface area contributed by atoms with E-state index in [2.05, 4.69) is 9.71 Å². The molecule has 1 fully saturated rings. The number of nitrogens with one attached hydrogen (secondary N) is 1. The summed E-state index contributed by atoms with van der Waals surface area (Å²) in [4.78, 5) is 20.5. The minimum Gasteiger partial charge on any atom is -0.511 e. The highest BCUT2D eigenvalue weighted by Gasteiger charge is 2.46. The number of fused-ring (bicyclic) bond motifs is 2. The van der Waals surface area contributed by atoms with Crippen LogP contribution in [0.15, 0.2) is 69.8 Å². The Morgan fingerprint density at radius 2 is 1.94 bits per heavy atom. The number of amidine groups is 1. The molecule has 2 aromatic rings. The summed E-state index contributed by atoms with van der Waals surface area (Å²) in [6.07, 6.45) is 4.06. The summed E-state index contributed by atoms with van der Waals surface area (Å²) in [5.41, 5.74) is 1.43. The quantitative estimate of drug-likeness (QED) is 0.639. The smallest absolute Gasteiger partial charge is 0.261 e. The Kier molecular flexibility index (Phi) is 4.69. The van der Waals surface area contributed by atoms with Gasteiger partial charge in [-0.2, -0.15) is 0 Å². The molecule has 0 radical (unpaired) electrons. The number of para-hydroxylation sites is 1. The lowest BCUT2D eigenvalue weighted by molar-refractivity contribution is -0.132. The molecule has 1 amide bonds. The maximum Gasteiger partial charge on any atom is 0.261 e. The first-order valence-electron chi connectivity index (χ1n) is 10.4. The van der Waals surface area contributed by atoms with Crippen molar-refractivity contribution in [1.29, 1.82) is 0 Å². The van der Waals surface area contributed by atoms with E-state index in [1.54, 1.807) is 47.6 Å². The summed E-state index contributed by atoms with van der Waals surface area (Å²) in [7, 11) is -3.01. The third kappa shape index (κ3) is 3.35. The fourth-order valence-electron chi connectivity index (χ4n) is 4.86. The van der Waals surface area contributed by atoms with Crippen molar-refractivity contribution in [3.8, 4) is 0 Å². The van der Waals surface area contributed by atoms with Crippen LogP contribution in [0.25, 0.3) is 0 Å². The highest BCUT2D eigenvalue weighted by atomic mass is 32.3. The summed E-state index contributed by atoms with van der Waals surface area (Å²) in [5, 5.41) is 11.1. The van der Waals surface area contributed by atoms with Crippen molar-refractivity contribution in [3.63, 3.8) is 0 Å². The predicted octanol–water partition coefficient (Wildman–Crippen LogP) is 3.40. The molecule has 1 aliphatic carbocycles. The SMILES string of the molecule is C[SH]1(=O)NC(C2=C(O)C3CCCC3N(Cc3ccc(F)cc3)C2=O)=Nc2ccccc21. The van der Waals surface area contributed by atoms with E-state index in [9.17, 15) is 18.5 Å². The first-order valence-corrected chi connectivity index (χ1v) is 12.5. The Hall–Kier alpha value is -3.00. The lowest BCUT2D eigenvalue weighted by Crippen LogP contribution is -2.51. The summed E-state index contributed by atoms with van der Waals surface area (Å²) in [6, 6.07) is 13.1. The van der Waals surface area contributed by atoms with Crippen molar-refractivity contribution in [2.24, 2.45) is 10.9 Å². The Labute approximate surface area is 181 Å². The van der Waals surface area contributed by atoms with Crippen molar-refractivity contribution >= 4 is 27.5 Å². The predicted molar refractivity (Wildman–Crippen MR) is 118 cm³/mol. The number of aliphatic hydroxyl groups excluding tert-OH is 1. The molecule has 2 atom stereocenters. The van der Waals surface area contributed by atoms with Gasteiger partial charge < -0.3 is 14.7 Å². The Balaban J connectivity index is 1.57. The van der Waals surface area contributed by atoms with E-state index in [-0.39, 0.29) is 40.9 Å². The molecule has 2 unspecified atom stereocenters. The number of rotatable bonds is 3. The molecule has 6 nitrogen and oxygen atoms in total. The second kappa shape index (κ2) is 7.30. The molecule has 0 aromatic heterocycles. The number of thiol groups is 1. The molecule has 2 aliphatic heterocycles. The molecular weight excluding hydrogens is 417 g/mol. The van der Waals surface area contributed by atoms with Crippen LogP contribution in [0.4, 0.5) is 10.1 Å². The fraction of sp³-hybridized carbons (Fsp3) is 0.304. The van der Waals surface area contributed by atoms with Crippen molar-refractivity contribution in [1.82, 2.24) is 9.62 Å². The van der Waals surface area contributed by atoms with E-state index in [0.717, 1.165) is 24.8 Å². The van der Waals surface area contributed by atoms with Gasteiger partial charge in [0, 0.05) is 24.8 Å². The minimum absolute atomic E-state index is 0.0217. The number of hydrogen-bond acceptors (Lipinski definition) is 4. The van der Waals surface area contributed by atoms with E-state index in [1.165, 1.54) is 12.1 Å². The van der Waals surface area contributed by atoms with Gasteiger partial charge in [-0.15, -0.1) is 0 Å². The van der Waals surface area contributed by atoms with E-state index >= 15 is 0 Å². The van der Waals surface area contributed by atoms with Gasteiger partial charge in [0.25, 0.3) is 5.91 Å². The zero-order valence-corrected chi connectivity index (χ0v) is 18.0. The second-order valence-corrected chi connectivity index (χ2v) is 11.0. The van der Waals surface area contributed by atoms with Gasteiger partial charge in [0.1, 0.15) is 17.1 Å². The second-order valence-electron chi connectivity index (χ2n) is 8.41. The lowest BCUT2D eigenvalue weighted by atomic mass is 9.90. The van der Waals surface area contributed by atoms with Crippen molar-refractivity contribution in [2.75, 3.05) is 6.26 Å². The highest BCUT2D eigenvalue weighted by Crippen LogP contribution is 2.42. The van der Waals surface area contributed by atoms with Gasteiger partial charge in [-0.1, -0.05) is 30.7 Å². The first kappa shape index (κ1) is 19.9. The Bertz CT molecular complexity index is 1170. The van der Waals surface area contributed by atoms with Crippen LogP contribution in [0.2, 0.25) is 0 Å². The van der Waals surface area contributed by atoms with Crippen molar-refractivity contribution < 1.29 is 18.5 Å². The number of benzene rings is 2. The first-order chi connectivity index (χ1) is 14.8. The molecule has 5 rings (SSSR count). The average molecular weight is 442 g/mol. The van der Waals surface area contributed by atoms with Crippen LogP contribution in [0.5, 0.6) is 0 Å². The number of hydrogen-bond donors (Lipinski definition) is 3. The average Bonchev–Trinajstić information content (AvgIpc) is 3.22. The highest BCUT2D eigenvalue weighted by molar-refractivity contribution is 8.01. The molecule has 2 heterocycles. The van der Waals surface area contributed by atoms with Crippen LogP contribution >= 0.6 is 0 Å². The number of nitrogens with zero attached hydrogens (tertiary/aromatic N) is 2. The molecule has 3 aliphatic rings. The molecule has 0 spiro atoms. The monoisotopic (exact) mass is 441 g/mol. The summed E-state index contributed by atoms with van der Waals surface area (Å²) < 4.78 is 29.6. The van der Waals surface area contributed by atoms with Crippen LogP contribution in [-0.2, 0) is 21.5 Å². The van der Waals surface area contributed by atoms with Crippen molar-refractivity contribution in [3.05, 3.63) is 71.2 Å². The topological polar surface area (TPSA) is 82.0 Å². The summed E-state index contributed by atoms with van der Waals surface area (Å²) in [6.45, 7) is 0.310. The largest absolute Gasteiger partial charge is 0.511 e. The van der Waals surface area contributed by atoms with Crippen LogP contribution < -0.4 is 4.72 Å². The van der Waals surface area contributed by atoms with E-state index in [0.29, 0.717) is 17.1 Å². The van der Waals surface area contributed by atoms with Gasteiger partial charge in [0.15, 0.2) is 5.84 Å². The van der Waals surface area contributed by atoms with Gasteiger partial charge in [-0.25, -0.2) is 9.38 Å². The molecule has 162 valence electrons. The molecule has 2 aromatic carbocycles. The lowest BCUT2D eigenvalue weighted by Gasteiger charge is -2.39. The van der Waals surface area contributed by atoms with Gasteiger partial charge in [0.2, 0.25) is 0 Å². The van der Waals surface area contributed by atoms with Crippen molar-refractivity contribution in [2.45, 2.75) is 36.7 Å². The number of carbonyl (C=O) groups excluding carboxylic acids is 1. The normalized spacial score (nSPS) is 25.4. The van der Waals surface area contributed by atoms with Crippen LogP contribution in [-0.4, -0.2) is 38.3 Å². The van der Waals surface area contributed by atoms with Gasteiger partial charge in [-0.3, -0.25) is 9.00 Å². The Morgan fingerprint density at radius 3 is 2.71 bits per heavy atom. The minimum atomic E-state index is -3.01. The van der Waals surface area contributed by atoms with E-state index < -0.39 is 10.1 Å². The maximum atomic E-state index is 13.6. The number of amides is 1. The number of halogens is 1. The summed E-state index contributed by atoms with van der Waals surface area (Å²) >= 11 is 0. The standard InChI is InChI=1S/C23H24FN3O3S/c1-31(30)19-8-3-2-6-17(19)25-22(26-31)20-21(28)16-5-4-7-18(16)27(23(20)29)13-14-9-11-15(24)12-10-14/h2-3,6,8-12,16,18,28,31H,4-5,7,13H2,1H3,(H,25,26,30). The molecule has 1 saturated carbocycles. The molecule has 2 N–H and O–H groups in total. The third-order valence-electron chi connectivity index (χ3n) is 6.36. The molecule has 0 saturated heterocycles. The number of carbonyl (C=O) groups is 1. The number of aliphatic imine (C=N–C) groups is 1. The fourth-order valence-corrected chi connectivity index (χ4v) is 6.48. The third-order valence-corrected chi connectivity index (χ3v) is 8.29. The maximum absolute atomic E-state index is 13.6.